The number of nitrogens with zero attached hydrogens (tertiary/aromatic N) is 1. The molecular formula is C34H31N3O6S2. The third kappa shape index (κ3) is 7.69. The van der Waals surface area contributed by atoms with Gasteiger partial charge in [-0.1, -0.05) is 48.5 Å². The van der Waals surface area contributed by atoms with Gasteiger partial charge in [0.1, 0.15) is 18.0 Å². The predicted molar refractivity (Wildman–Crippen MR) is 176 cm³/mol. The molecule has 0 aliphatic rings. The molecule has 230 valence electrons. The average Bonchev–Trinajstić information content (AvgIpc) is 3.03. The van der Waals surface area contributed by atoms with E-state index >= 15 is 0 Å². The first-order valence-electron chi connectivity index (χ1n) is 13.9. The maximum Gasteiger partial charge on any atom is 0.264 e. The van der Waals surface area contributed by atoms with Crippen LogP contribution in [0.15, 0.2) is 137 Å². The topological polar surface area (TPSA) is 122 Å². The first kappa shape index (κ1) is 31.3. The van der Waals surface area contributed by atoms with Gasteiger partial charge in [-0.2, -0.15) is 0 Å². The van der Waals surface area contributed by atoms with E-state index < -0.39 is 32.5 Å². The number of benzene rings is 5. The molecule has 5 aromatic rings. The molecule has 2 N–H and O–H groups in total. The molecule has 0 aromatic heterocycles. The number of carbonyl (C=O) groups is 1. The van der Waals surface area contributed by atoms with Crippen molar-refractivity contribution < 1.29 is 26.4 Å². The second kappa shape index (κ2) is 13.2. The normalized spacial score (nSPS) is 11.4. The average molecular weight is 642 g/mol. The molecule has 0 radical (unpaired) electrons. The summed E-state index contributed by atoms with van der Waals surface area (Å²) in [5.74, 6) is 0.495. The zero-order valence-electron chi connectivity index (χ0n) is 24.5. The summed E-state index contributed by atoms with van der Waals surface area (Å²) in [4.78, 5) is 13.2. The Labute approximate surface area is 263 Å². The lowest BCUT2D eigenvalue weighted by atomic mass is 10.1. The third-order valence-corrected chi connectivity index (χ3v) is 9.98. The van der Waals surface area contributed by atoms with Crippen molar-refractivity contribution in [2.24, 2.45) is 0 Å². The van der Waals surface area contributed by atoms with E-state index in [2.05, 4.69) is 10.0 Å². The molecular weight excluding hydrogens is 611 g/mol. The molecule has 0 heterocycles. The van der Waals surface area contributed by atoms with E-state index in [9.17, 15) is 21.6 Å². The van der Waals surface area contributed by atoms with Crippen LogP contribution in [0.5, 0.6) is 11.5 Å². The van der Waals surface area contributed by atoms with Crippen LogP contribution in [0.1, 0.15) is 11.1 Å². The van der Waals surface area contributed by atoms with Gasteiger partial charge in [0.15, 0.2) is 0 Å². The van der Waals surface area contributed by atoms with Crippen LogP contribution in [-0.4, -0.2) is 29.3 Å². The summed E-state index contributed by atoms with van der Waals surface area (Å²) in [6, 6.07) is 34.5. The fourth-order valence-corrected chi connectivity index (χ4v) is 7.00. The summed E-state index contributed by atoms with van der Waals surface area (Å²) < 4.78 is 62.8. The van der Waals surface area contributed by atoms with Crippen LogP contribution >= 0.6 is 0 Å². The Hall–Kier alpha value is -5.13. The SMILES string of the molecule is Cc1ccc(C)c(NS(=O)(=O)c2ccc(NC(=O)CN(c3ccc(Oc4ccccc4)cc3)S(=O)(=O)c3ccccc3)cc2)c1. The molecule has 9 nitrogen and oxygen atoms in total. The molecule has 0 saturated heterocycles. The number of rotatable bonds is 11. The number of anilines is 3. The summed E-state index contributed by atoms with van der Waals surface area (Å²) in [5, 5.41) is 2.67. The second-order valence-corrected chi connectivity index (χ2v) is 13.8. The summed E-state index contributed by atoms with van der Waals surface area (Å²) in [7, 11) is -8.02. The molecule has 0 aliphatic heterocycles. The monoisotopic (exact) mass is 641 g/mol. The van der Waals surface area contributed by atoms with Crippen molar-refractivity contribution in [3.05, 3.63) is 139 Å². The summed E-state index contributed by atoms with van der Waals surface area (Å²) in [6.45, 7) is 3.14. The minimum absolute atomic E-state index is 0.00694. The van der Waals surface area contributed by atoms with Crippen LogP contribution in [0.25, 0.3) is 0 Å². The fourth-order valence-electron chi connectivity index (χ4n) is 4.44. The number of carbonyl (C=O) groups excluding carboxylic acids is 1. The van der Waals surface area contributed by atoms with Gasteiger partial charge in [-0.05, 0) is 104 Å². The van der Waals surface area contributed by atoms with Crippen molar-refractivity contribution >= 4 is 43.0 Å². The number of ether oxygens (including phenoxy) is 1. The smallest absolute Gasteiger partial charge is 0.264 e. The van der Waals surface area contributed by atoms with Crippen LogP contribution in [0.4, 0.5) is 17.1 Å². The second-order valence-electron chi connectivity index (χ2n) is 10.2. The lowest BCUT2D eigenvalue weighted by molar-refractivity contribution is -0.114. The Bertz CT molecular complexity index is 2000. The quantitative estimate of drug-likeness (QED) is 0.165. The largest absolute Gasteiger partial charge is 0.457 e. The van der Waals surface area contributed by atoms with Crippen molar-refractivity contribution in [2.45, 2.75) is 23.6 Å². The fraction of sp³-hybridized carbons (Fsp3) is 0.0882. The molecule has 0 atom stereocenters. The summed E-state index contributed by atoms with van der Waals surface area (Å²) in [6.07, 6.45) is 0. The van der Waals surface area contributed by atoms with Crippen molar-refractivity contribution in [1.82, 2.24) is 0 Å². The van der Waals surface area contributed by atoms with Crippen LogP contribution in [-0.2, 0) is 24.8 Å². The maximum absolute atomic E-state index is 13.7. The van der Waals surface area contributed by atoms with E-state index in [-0.39, 0.29) is 15.5 Å². The highest BCUT2D eigenvalue weighted by atomic mass is 32.2. The maximum atomic E-state index is 13.7. The highest BCUT2D eigenvalue weighted by Crippen LogP contribution is 2.28. The van der Waals surface area contributed by atoms with E-state index in [4.69, 9.17) is 4.74 Å². The van der Waals surface area contributed by atoms with Gasteiger partial charge in [0, 0.05) is 5.69 Å². The Morgan fingerprint density at radius 2 is 1.29 bits per heavy atom. The lowest BCUT2D eigenvalue weighted by Gasteiger charge is -2.24. The molecule has 1 amide bonds. The number of sulfonamides is 2. The minimum atomic E-state index is -4.13. The van der Waals surface area contributed by atoms with Gasteiger partial charge < -0.3 is 10.1 Å². The minimum Gasteiger partial charge on any atom is -0.457 e. The van der Waals surface area contributed by atoms with E-state index in [0.717, 1.165) is 15.4 Å². The van der Waals surface area contributed by atoms with Crippen LogP contribution in [0.2, 0.25) is 0 Å². The number of aryl methyl sites for hydroxylation is 2. The molecule has 0 bridgehead atoms. The van der Waals surface area contributed by atoms with Crippen LogP contribution in [0.3, 0.4) is 0 Å². The van der Waals surface area contributed by atoms with Gasteiger partial charge in [0.25, 0.3) is 20.0 Å². The van der Waals surface area contributed by atoms with Crippen LogP contribution < -0.4 is 19.1 Å². The van der Waals surface area contributed by atoms with Crippen molar-refractivity contribution in [3.8, 4) is 11.5 Å². The Kier molecular flexibility index (Phi) is 9.21. The third-order valence-electron chi connectivity index (χ3n) is 6.81. The van der Waals surface area contributed by atoms with Gasteiger partial charge in [0.05, 0.1) is 21.2 Å². The molecule has 0 aliphatic carbocycles. The standard InChI is InChI=1S/C34H31N3O6S2/c1-25-13-14-26(2)33(23-25)36-44(39,40)31-21-15-27(16-22-31)35-34(38)24-37(45(41,42)32-11-7-4-8-12-32)28-17-19-30(20-18-28)43-29-9-5-3-6-10-29/h3-23,36H,24H2,1-2H3,(H,35,38). The summed E-state index contributed by atoms with van der Waals surface area (Å²) >= 11 is 0. The molecule has 0 spiro atoms. The Morgan fingerprint density at radius 1 is 0.689 bits per heavy atom. The number of hydrogen-bond acceptors (Lipinski definition) is 6. The number of amides is 1. The van der Waals surface area contributed by atoms with E-state index in [1.165, 1.54) is 36.4 Å². The molecule has 5 rings (SSSR count). The number of para-hydroxylation sites is 1. The highest BCUT2D eigenvalue weighted by Gasteiger charge is 2.27. The van der Waals surface area contributed by atoms with Gasteiger partial charge in [0.2, 0.25) is 5.91 Å². The molecule has 11 heteroatoms. The van der Waals surface area contributed by atoms with Gasteiger partial charge in [-0.25, -0.2) is 16.8 Å². The molecule has 45 heavy (non-hydrogen) atoms. The van der Waals surface area contributed by atoms with E-state index in [1.54, 1.807) is 60.7 Å². The Balaban J connectivity index is 1.34. The van der Waals surface area contributed by atoms with Crippen LogP contribution in [0, 0.1) is 13.8 Å². The first-order chi connectivity index (χ1) is 21.5. The van der Waals surface area contributed by atoms with Gasteiger partial charge in [-0.15, -0.1) is 0 Å². The van der Waals surface area contributed by atoms with Gasteiger partial charge >= 0.3 is 0 Å². The summed E-state index contributed by atoms with van der Waals surface area (Å²) in [5.41, 5.74) is 2.73. The van der Waals surface area contributed by atoms with Gasteiger partial charge in [-0.3, -0.25) is 13.8 Å². The molecule has 5 aromatic carbocycles. The zero-order valence-corrected chi connectivity index (χ0v) is 26.2. The van der Waals surface area contributed by atoms with E-state index in [0.29, 0.717) is 22.9 Å². The molecule has 0 saturated carbocycles. The molecule has 0 fully saturated rings. The predicted octanol–water partition coefficient (Wildman–Crippen LogP) is 6.73. The molecule has 0 unspecified atom stereocenters. The van der Waals surface area contributed by atoms with Crippen molar-refractivity contribution in [2.75, 3.05) is 20.9 Å². The zero-order chi connectivity index (χ0) is 32.0. The number of nitrogens with one attached hydrogen (secondary N) is 2. The van der Waals surface area contributed by atoms with Crippen molar-refractivity contribution in [1.29, 1.82) is 0 Å². The van der Waals surface area contributed by atoms with Crippen molar-refractivity contribution in [3.63, 3.8) is 0 Å². The first-order valence-corrected chi connectivity index (χ1v) is 16.8. The lowest BCUT2D eigenvalue weighted by Crippen LogP contribution is -2.38. The van der Waals surface area contributed by atoms with E-state index in [1.807, 2.05) is 44.2 Å². The number of hydrogen-bond donors (Lipinski definition) is 2. The highest BCUT2D eigenvalue weighted by molar-refractivity contribution is 7.93. The Morgan fingerprint density at radius 3 is 1.93 bits per heavy atom.